The number of pyridine rings is 3. The number of aromatic nitrogens is 3. The average molecular weight is 457 g/mol. The molecule has 0 amide bonds. The van der Waals surface area contributed by atoms with Crippen molar-refractivity contribution >= 4 is 28.3 Å². The Kier molecular flexibility index (Phi) is 5.44. The molecule has 2 N–H and O–H groups in total. The number of hydrogen-bond acceptors (Lipinski definition) is 5. The minimum atomic E-state index is -0.132. The van der Waals surface area contributed by atoms with Gasteiger partial charge in [-0.2, -0.15) is 0 Å². The van der Waals surface area contributed by atoms with Crippen molar-refractivity contribution in [3.63, 3.8) is 0 Å². The van der Waals surface area contributed by atoms with Gasteiger partial charge in [-0.3, -0.25) is 4.79 Å². The Labute approximate surface area is 195 Å². The third-order valence-corrected chi connectivity index (χ3v) is 5.59. The van der Waals surface area contributed by atoms with Gasteiger partial charge in [-0.15, -0.1) is 0 Å². The van der Waals surface area contributed by atoms with Gasteiger partial charge < -0.3 is 14.7 Å². The Bertz CT molecular complexity index is 1500. The highest BCUT2D eigenvalue weighted by atomic mass is 35.5. The van der Waals surface area contributed by atoms with Gasteiger partial charge in [0, 0.05) is 24.0 Å². The van der Waals surface area contributed by atoms with Crippen LogP contribution in [0.25, 0.3) is 33.6 Å². The van der Waals surface area contributed by atoms with Gasteiger partial charge in [-0.1, -0.05) is 41.9 Å². The molecule has 0 aliphatic carbocycles. The van der Waals surface area contributed by atoms with Gasteiger partial charge >= 0.3 is 0 Å². The second kappa shape index (κ2) is 8.56. The van der Waals surface area contributed by atoms with E-state index in [0.717, 1.165) is 28.1 Å². The Morgan fingerprint density at radius 3 is 2.58 bits per heavy atom. The van der Waals surface area contributed by atoms with Gasteiger partial charge in [0.1, 0.15) is 22.3 Å². The number of H-pyrrole nitrogens is 1. The molecule has 0 atom stereocenters. The van der Waals surface area contributed by atoms with Crippen LogP contribution in [0.5, 0.6) is 0 Å². The lowest BCUT2D eigenvalue weighted by atomic mass is 10.0. The number of aryl methyl sites for hydroxylation is 2. The van der Waals surface area contributed by atoms with Gasteiger partial charge in [-0.05, 0) is 55.3 Å². The van der Waals surface area contributed by atoms with Crippen LogP contribution in [0.1, 0.15) is 17.0 Å². The number of benzene rings is 1. The largest absolute Gasteiger partial charge is 0.460 e. The minimum absolute atomic E-state index is 0.132. The molecule has 164 valence electrons. The highest BCUT2D eigenvalue weighted by molar-refractivity contribution is 6.29. The average Bonchev–Trinajstić information content (AvgIpc) is 3.24. The molecule has 4 heterocycles. The minimum Gasteiger partial charge on any atom is -0.460 e. The number of nitrogens with zero attached hydrogens (tertiary/aromatic N) is 2. The molecule has 0 saturated carbocycles. The van der Waals surface area contributed by atoms with Crippen LogP contribution in [0.4, 0.5) is 5.69 Å². The third kappa shape index (κ3) is 4.25. The predicted molar refractivity (Wildman–Crippen MR) is 132 cm³/mol. The van der Waals surface area contributed by atoms with Crippen LogP contribution in [0.2, 0.25) is 5.15 Å². The normalized spacial score (nSPS) is 11.1. The first kappa shape index (κ1) is 21.0. The van der Waals surface area contributed by atoms with E-state index in [9.17, 15) is 4.79 Å². The summed E-state index contributed by atoms with van der Waals surface area (Å²) in [6, 6.07) is 19.2. The summed E-state index contributed by atoms with van der Waals surface area (Å²) in [5, 5.41) is 4.07. The number of hydrogen-bond donors (Lipinski definition) is 2. The summed E-state index contributed by atoms with van der Waals surface area (Å²) in [6.45, 7) is 4.29. The fourth-order valence-corrected chi connectivity index (χ4v) is 4.08. The molecule has 0 aliphatic rings. The van der Waals surface area contributed by atoms with Crippen LogP contribution < -0.4 is 10.7 Å². The van der Waals surface area contributed by atoms with E-state index in [0.29, 0.717) is 39.9 Å². The second-order valence-corrected chi connectivity index (χ2v) is 8.27. The van der Waals surface area contributed by atoms with Crippen LogP contribution in [0.15, 0.2) is 76.1 Å². The molecule has 0 radical (unpaired) electrons. The summed E-state index contributed by atoms with van der Waals surface area (Å²) in [5.74, 6) is 1.39. The Hall–Kier alpha value is -3.90. The number of furan rings is 1. The predicted octanol–water partition coefficient (Wildman–Crippen LogP) is 6.13. The zero-order valence-electron chi connectivity index (χ0n) is 18.1. The van der Waals surface area contributed by atoms with Crippen molar-refractivity contribution in [2.75, 3.05) is 5.32 Å². The summed E-state index contributed by atoms with van der Waals surface area (Å²) in [5.41, 5.74) is 4.86. The van der Waals surface area contributed by atoms with Crippen molar-refractivity contribution < 1.29 is 4.42 Å². The quantitative estimate of drug-likeness (QED) is 0.311. The summed E-state index contributed by atoms with van der Waals surface area (Å²) < 4.78 is 5.87. The van der Waals surface area contributed by atoms with Gasteiger partial charge in [-0.25, -0.2) is 9.97 Å². The lowest BCUT2D eigenvalue weighted by Gasteiger charge is -2.12. The number of anilines is 1. The van der Waals surface area contributed by atoms with E-state index in [4.69, 9.17) is 21.0 Å². The van der Waals surface area contributed by atoms with Crippen LogP contribution >= 0.6 is 11.6 Å². The third-order valence-electron chi connectivity index (χ3n) is 5.40. The summed E-state index contributed by atoms with van der Waals surface area (Å²) in [7, 11) is 0. The second-order valence-electron chi connectivity index (χ2n) is 7.88. The molecule has 1 aromatic carbocycles. The summed E-state index contributed by atoms with van der Waals surface area (Å²) >= 11 is 6.24. The molecule has 0 saturated heterocycles. The van der Waals surface area contributed by atoms with Gasteiger partial charge in [0.15, 0.2) is 5.76 Å². The molecule has 4 aromatic heterocycles. The molecule has 5 aromatic rings. The fourth-order valence-electron chi connectivity index (χ4n) is 3.83. The van der Waals surface area contributed by atoms with E-state index < -0.39 is 0 Å². The standard InChI is InChI=1S/C26H21ClN4O2/c1-15-10-18(11-23(27)30-15)19-12-20-25(32)21(28-13-17-6-4-3-5-7-17)14-29-26(20)31-24(19)22-9-8-16(2)33-22/h3-12,14,28H,13H2,1-2H3,(H,29,31,32). The molecule has 0 unspecified atom stereocenters. The topological polar surface area (TPSA) is 83.8 Å². The van der Waals surface area contributed by atoms with Crippen molar-refractivity contribution in [2.45, 2.75) is 20.4 Å². The molecule has 6 nitrogen and oxygen atoms in total. The van der Waals surface area contributed by atoms with Gasteiger partial charge in [0.05, 0.1) is 11.1 Å². The lowest BCUT2D eigenvalue weighted by molar-refractivity contribution is 0.547. The smallest absolute Gasteiger partial charge is 0.214 e. The number of halogens is 1. The maximum Gasteiger partial charge on any atom is 0.214 e. The maximum atomic E-state index is 13.3. The Morgan fingerprint density at radius 2 is 1.85 bits per heavy atom. The molecule has 0 bridgehead atoms. The number of aromatic amines is 1. The maximum absolute atomic E-state index is 13.3. The molecule has 7 heteroatoms. The zero-order chi connectivity index (χ0) is 22.9. The van der Waals surface area contributed by atoms with E-state index in [1.54, 1.807) is 12.3 Å². The van der Waals surface area contributed by atoms with E-state index in [1.807, 2.05) is 68.4 Å². The lowest BCUT2D eigenvalue weighted by Crippen LogP contribution is -2.13. The summed E-state index contributed by atoms with van der Waals surface area (Å²) in [4.78, 5) is 25.5. The van der Waals surface area contributed by atoms with Gasteiger partial charge in [0.25, 0.3) is 0 Å². The monoisotopic (exact) mass is 456 g/mol. The zero-order valence-corrected chi connectivity index (χ0v) is 18.9. The van der Waals surface area contributed by atoms with Crippen LogP contribution in [0, 0.1) is 13.8 Å². The first-order chi connectivity index (χ1) is 16.0. The van der Waals surface area contributed by atoms with Crippen molar-refractivity contribution in [3.8, 4) is 22.6 Å². The van der Waals surface area contributed by atoms with Crippen LogP contribution in [-0.2, 0) is 6.54 Å². The molecule has 5 rings (SSSR count). The number of fused-ring (bicyclic) bond motifs is 1. The first-order valence-electron chi connectivity index (χ1n) is 10.5. The SMILES string of the molecule is Cc1cc(-c2cc3c(=O)c(NCc4ccccc4)c[nH]c3nc2-c2ccc(C)o2)cc(Cl)n1. The molecular formula is C26H21ClN4O2. The van der Waals surface area contributed by atoms with Crippen molar-refractivity contribution in [1.82, 2.24) is 15.0 Å². The highest BCUT2D eigenvalue weighted by Gasteiger charge is 2.18. The van der Waals surface area contributed by atoms with Gasteiger partial charge in [0.2, 0.25) is 5.43 Å². The molecule has 33 heavy (non-hydrogen) atoms. The molecule has 0 aliphatic heterocycles. The number of rotatable bonds is 5. The Morgan fingerprint density at radius 1 is 1.03 bits per heavy atom. The molecule has 0 spiro atoms. The van der Waals surface area contributed by atoms with E-state index in [2.05, 4.69) is 15.3 Å². The number of nitrogens with one attached hydrogen (secondary N) is 2. The van der Waals surface area contributed by atoms with Crippen LogP contribution in [-0.4, -0.2) is 15.0 Å². The molecule has 0 fully saturated rings. The highest BCUT2D eigenvalue weighted by Crippen LogP contribution is 2.34. The van der Waals surface area contributed by atoms with E-state index in [-0.39, 0.29) is 5.43 Å². The Balaban J connectivity index is 1.66. The first-order valence-corrected chi connectivity index (χ1v) is 10.9. The van der Waals surface area contributed by atoms with E-state index >= 15 is 0 Å². The fraction of sp³-hybridized carbons (Fsp3) is 0.115. The van der Waals surface area contributed by atoms with Crippen molar-refractivity contribution in [3.05, 3.63) is 99.3 Å². The van der Waals surface area contributed by atoms with Crippen molar-refractivity contribution in [1.29, 1.82) is 0 Å². The van der Waals surface area contributed by atoms with E-state index in [1.165, 1.54) is 0 Å². The van der Waals surface area contributed by atoms with Crippen LogP contribution in [0.3, 0.4) is 0 Å². The van der Waals surface area contributed by atoms with Crippen molar-refractivity contribution in [2.24, 2.45) is 0 Å². The summed E-state index contributed by atoms with van der Waals surface area (Å²) in [6.07, 6.45) is 1.66. The molecular weight excluding hydrogens is 436 g/mol.